The smallest absolute Gasteiger partial charge is 0.315 e. The van der Waals surface area contributed by atoms with Gasteiger partial charge in [-0.05, 0) is 44.4 Å². The average Bonchev–Trinajstić information content (AvgIpc) is 2.41. The lowest BCUT2D eigenvalue weighted by Gasteiger charge is -2.24. The Labute approximate surface area is 143 Å². The van der Waals surface area contributed by atoms with Gasteiger partial charge >= 0.3 is 6.03 Å². The molecule has 0 aliphatic heterocycles. The Balaban J connectivity index is 2.58. The first-order chi connectivity index (χ1) is 10.6. The maximum Gasteiger partial charge on any atom is 0.315 e. The average molecular weight is 340 g/mol. The largest absolute Gasteiger partial charge is 0.350 e. The predicted octanol–water partition coefficient (Wildman–Crippen LogP) is 3.25. The van der Waals surface area contributed by atoms with Gasteiger partial charge in [0.2, 0.25) is 5.91 Å². The monoisotopic (exact) mass is 339 g/mol. The first-order valence-corrected chi connectivity index (χ1v) is 8.07. The Hall–Kier alpha value is -1.75. The van der Waals surface area contributed by atoms with Crippen LogP contribution < -0.4 is 16.0 Å². The summed E-state index contributed by atoms with van der Waals surface area (Å²) in [6.45, 7) is 9.65. The van der Waals surface area contributed by atoms with E-state index in [9.17, 15) is 9.59 Å². The fraction of sp³-hybridized carbons (Fsp3) is 0.529. The normalized spacial score (nSPS) is 12.7. The van der Waals surface area contributed by atoms with Crippen LogP contribution in [-0.4, -0.2) is 24.0 Å². The molecule has 3 N–H and O–H groups in total. The van der Waals surface area contributed by atoms with E-state index in [1.165, 1.54) is 0 Å². The van der Waals surface area contributed by atoms with E-state index in [1.807, 2.05) is 46.8 Å². The van der Waals surface area contributed by atoms with E-state index in [1.54, 1.807) is 12.1 Å². The van der Waals surface area contributed by atoms with Crippen LogP contribution in [0.1, 0.15) is 46.2 Å². The summed E-state index contributed by atoms with van der Waals surface area (Å²) < 4.78 is 0. The number of carbonyl (C=O) groups excluding carboxylic acids is 2. The van der Waals surface area contributed by atoms with Gasteiger partial charge in [0.15, 0.2) is 0 Å². The van der Waals surface area contributed by atoms with Crippen LogP contribution in [-0.2, 0) is 4.79 Å². The summed E-state index contributed by atoms with van der Waals surface area (Å²) in [6.07, 6.45) is 0. The third-order valence-corrected chi connectivity index (χ3v) is 3.36. The van der Waals surface area contributed by atoms with Gasteiger partial charge in [-0.25, -0.2) is 4.79 Å². The van der Waals surface area contributed by atoms with E-state index < -0.39 is 0 Å². The molecule has 0 saturated heterocycles. The zero-order valence-corrected chi connectivity index (χ0v) is 15.1. The van der Waals surface area contributed by atoms with Gasteiger partial charge in [-0.1, -0.05) is 37.6 Å². The van der Waals surface area contributed by atoms with Gasteiger partial charge in [0.1, 0.15) is 0 Å². The van der Waals surface area contributed by atoms with E-state index in [0.717, 1.165) is 5.56 Å². The summed E-state index contributed by atoms with van der Waals surface area (Å²) in [4.78, 5) is 23.8. The Morgan fingerprint density at radius 2 is 1.70 bits per heavy atom. The van der Waals surface area contributed by atoms with Crippen molar-refractivity contribution >= 4 is 23.5 Å². The van der Waals surface area contributed by atoms with E-state index in [4.69, 9.17) is 11.6 Å². The van der Waals surface area contributed by atoms with Crippen molar-refractivity contribution in [2.45, 2.75) is 46.2 Å². The quantitative estimate of drug-likeness (QED) is 0.770. The lowest BCUT2D eigenvalue weighted by Crippen LogP contribution is -2.48. The van der Waals surface area contributed by atoms with Crippen molar-refractivity contribution in [3.63, 3.8) is 0 Å². The van der Waals surface area contributed by atoms with Crippen molar-refractivity contribution in [3.8, 4) is 0 Å². The standard InChI is InChI=1S/C17H26ClN3O2/c1-11(2)15(12-6-8-13(18)9-7-12)20-16(23)19-10-14(22)21-17(3,4)5/h6-9,11,15H,10H2,1-5H3,(H,21,22)(H2,19,20,23). The fourth-order valence-electron chi connectivity index (χ4n) is 2.12. The van der Waals surface area contributed by atoms with E-state index in [0.29, 0.717) is 5.02 Å². The number of amides is 3. The topological polar surface area (TPSA) is 70.2 Å². The molecule has 1 aromatic carbocycles. The minimum atomic E-state index is -0.372. The van der Waals surface area contributed by atoms with Crippen LogP contribution in [0.25, 0.3) is 0 Å². The van der Waals surface area contributed by atoms with Crippen LogP contribution in [0.2, 0.25) is 5.02 Å². The molecular weight excluding hydrogens is 314 g/mol. The van der Waals surface area contributed by atoms with Gasteiger partial charge in [0, 0.05) is 10.6 Å². The highest BCUT2D eigenvalue weighted by Crippen LogP contribution is 2.23. The molecule has 1 aromatic rings. The molecule has 0 aliphatic rings. The van der Waals surface area contributed by atoms with Crippen LogP contribution in [0.3, 0.4) is 0 Å². The Morgan fingerprint density at radius 1 is 1.13 bits per heavy atom. The van der Waals surface area contributed by atoms with Gasteiger partial charge in [-0.2, -0.15) is 0 Å². The summed E-state index contributed by atoms with van der Waals surface area (Å²) in [5, 5.41) is 8.93. The lowest BCUT2D eigenvalue weighted by atomic mass is 9.96. The molecular formula is C17H26ClN3O2. The zero-order valence-electron chi connectivity index (χ0n) is 14.4. The van der Waals surface area contributed by atoms with Crippen molar-refractivity contribution in [2.24, 2.45) is 5.92 Å². The number of halogens is 1. The molecule has 0 aliphatic carbocycles. The van der Waals surface area contributed by atoms with Gasteiger partial charge in [-0.15, -0.1) is 0 Å². The maximum atomic E-state index is 12.0. The number of rotatable bonds is 5. The van der Waals surface area contributed by atoms with Crippen molar-refractivity contribution in [1.82, 2.24) is 16.0 Å². The molecule has 5 nitrogen and oxygen atoms in total. The molecule has 1 atom stereocenters. The lowest BCUT2D eigenvalue weighted by molar-refractivity contribution is -0.121. The number of carbonyl (C=O) groups is 2. The highest BCUT2D eigenvalue weighted by Gasteiger charge is 2.19. The van der Waals surface area contributed by atoms with E-state index >= 15 is 0 Å². The van der Waals surface area contributed by atoms with Crippen LogP contribution >= 0.6 is 11.6 Å². The highest BCUT2D eigenvalue weighted by molar-refractivity contribution is 6.30. The molecule has 0 aromatic heterocycles. The third kappa shape index (κ3) is 7.37. The molecule has 0 radical (unpaired) electrons. The van der Waals surface area contributed by atoms with Gasteiger partial charge in [0.25, 0.3) is 0 Å². The summed E-state index contributed by atoms with van der Waals surface area (Å²) in [6, 6.07) is 6.84. The molecule has 1 rings (SSSR count). The molecule has 0 bridgehead atoms. The number of benzene rings is 1. The Morgan fingerprint density at radius 3 is 2.17 bits per heavy atom. The number of hydrogen-bond acceptors (Lipinski definition) is 2. The number of urea groups is 1. The molecule has 0 spiro atoms. The third-order valence-electron chi connectivity index (χ3n) is 3.11. The molecule has 128 valence electrons. The molecule has 0 heterocycles. The first kappa shape index (κ1) is 19.3. The van der Waals surface area contributed by atoms with Crippen LogP contribution in [0.5, 0.6) is 0 Å². The van der Waals surface area contributed by atoms with Crippen molar-refractivity contribution in [2.75, 3.05) is 6.54 Å². The summed E-state index contributed by atoms with van der Waals surface area (Å²) in [5.74, 6) is -0.0226. The van der Waals surface area contributed by atoms with E-state index in [-0.39, 0.29) is 36.0 Å². The summed E-state index contributed by atoms with van der Waals surface area (Å²) in [5.41, 5.74) is 0.651. The zero-order chi connectivity index (χ0) is 17.6. The van der Waals surface area contributed by atoms with Gasteiger partial charge in [-0.3, -0.25) is 4.79 Å². The van der Waals surface area contributed by atoms with Crippen molar-refractivity contribution in [1.29, 1.82) is 0 Å². The predicted molar refractivity (Wildman–Crippen MR) is 93.5 cm³/mol. The van der Waals surface area contributed by atoms with Crippen molar-refractivity contribution in [3.05, 3.63) is 34.9 Å². The minimum absolute atomic E-state index is 0.0610. The SMILES string of the molecule is CC(C)C(NC(=O)NCC(=O)NC(C)(C)C)c1ccc(Cl)cc1. The van der Waals surface area contributed by atoms with Crippen molar-refractivity contribution < 1.29 is 9.59 Å². The molecule has 6 heteroatoms. The minimum Gasteiger partial charge on any atom is -0.350 e. The van der Waals surface area contributed by atoms with Crippen LogP contribution in [0.4, 0.5) is 4.79 Å². The second-order valence-electron chi connectivity index (χ2n) is 6.90. The Bertz CT molecular complexity index is 536. The first-order valence-electron chi connectivity index (χ1n) is 7.69. The Kier molecular flexibility index (Phi) is 6.88. The second kappa shape index (κ2) is 8.20. The number of nitrogens with one attached hydrogen (secondary N) is 3. The van der Waals surface area contributed by atoms with Gasteiger partial charge in [0.05, 0.1) is 12.6 Å². The molecule has 0 saturated carbocycles. The van der Waals surface area contributed by atoms with Crippen LogP contribution in [0.15, 0.2) is 24.3 Å². The van der Waals surface area contributed by atoms with Crippen LogP contribution in [0, 0.1) is 5.92 Å². The molecule has 1 unspecified atom stereocenters. The molecule has 3 amide bonds. The second-order valence-corrected chi connectivity index (χ2v) is 7.33. The highest BCUT2D eigenvalue weighted by atomic mass is 35.5. The molecule has 0 fully saturated rings. The summed E-state index contributed by atoms with van der Waals surface area (Å²) in [7, 11) is 0. The maximum absolute atomic E-state index is 12.0. The fourth-order valence-corrected chi connectivity index (χ4v) is 2.25. The summed E-state index contributed by atoms with van der Waals surface area (Å²) >= 11 is 5.89. The number of hydrogen-bond donors (Lipinski definition) is 3. The van der Waals surface area contributed by atoms with E-state index in [2.05, 4.69) is 16.0 Å². The van der Waals surface area contributed by atoms with Gasteiger partial charge < -0.3 is 16.0 Å². The molecule has 23 heavy (non-hydrogen) atoms.